The van der Waals surface area contributed by atoms with Crippen molar-refractivity contribution in [2.24, 2.45) is 0 Å². The third-order valence-electron chi connectivity index (χ3n) is 4.10. The van der Waals surface area contributed by atoms with Gasteiger partial charge in [-0.15, -0.1) is 11.3 Å². The lowest BCUT2D eigenvalue weighted by atomic mass is 10.3. The van der Waals surface area contributed by atoms with Gasteiger partial charge in [-0.3, -0.25) is 9.69 Å². The van der Waals surface area contributed by atoms with Crippen molar-refractivity contribution in [2.75, 3.05) is 37.7 Å². The molecule has 0 saturated carbocycles. The molecule has 1 aliphatic heterocycles. The van der Waals surface area contributed by atoms with Crippen molar-refractivity contribution in [1.82, 2.24) is 15.2 Å². The molecule has 1 N–H and O–H groups in total. The van der Waals surface area contributed by atoms with Crippen molar-refractivity contribution in [1.29, 1.82) is 0 Å². The molecule has 0 bridgehead atoms. The van der Waals surface area contributed by atoms with Crippen molar-refractivity contribution >= 4 is 27.1 Å². The molecule has 0 aliphatic carbocycles. The number of aromatic nitrogens is 1. The van der Waals surface area contributed by atoms with Crippen LogP contribution in [-0.4, -0.2) is 61.9 Å². The van der Waals surface area contributed by atoms with Crippen LogP contribution >= 0.6 is 11.3 Å². The zero-order chi connectivity index (χ0) is 18.0. The van der Waals surface area contributed by atoms with Gasteiger partial charge in [-0.1, -0.05) is 0 Å². The smallest absolute Gasteiger partial charge is 0.263 e. The first-order valence-corrected chi connectivity index (χ1v) is 10.7. The molecule has 0 atom stereocenters. The summed E-state index contributed by atoms with van der Waals surface area (Å²) >= 11 is 1.31. The molecule has 1 saturated heterocycles. The van der Waals surface area contributed by atoms with E-state index in [4.69, 9.17) is 4.42 Å². The molecular formula is C16H21N3O4S2. The Kier molecular flexibility index (Phi) is 5.26. The Morgan fingerprint density at radius 1 is 1.32 bits per heavy atom. The van der Waals surface area contributed by atoms with Gasteiger partial charge >= 0.3 is 0 Å². The predicted octanol–water partition coefficient (Wildman–Crippen LogP) is 1.48. The number of nitrogens with one attached hydrogen (secondary N) is 1. The van der Waals surface area contributed by atoms with Crippen LogP contribution in [0.4, 0.5) is 0 Å². The fourth-order valence-electron chi connectivity index (χ4n) is 2.64. The number of aryl methyl sites for hydroxylation is 2. The van der Waals surface area contributed by atoms with Gasteiger partial charge < -0.3 is 9.73 Å². The molecule has 25 heavy (non-hydrogen) atoms. The minimum Gasteiger partial charge on any atom is -0.459 e. The van der Waals surface area contributed by atoms with Crippen molar-refractivity contribution in [3.8, 4) is 10.8 Å². The molecule has 3 rings (SSSR count). The highest BCUT2D eigenvalue weighted by Gasteiger charge is 2.22. The van der Waals surface area contributed by atoms with E-state index < -0.39 is 9.84 Å². The van der Waals surface area contributed by atoms with Crippen molar-refractivity contribution in [3.05, 3.63) is 28.5 Å². The average molecular weight is 383 g/mol. The molecule has 136 valence electrons. The van der Waals surface area contributed by atoms with Crippen LogP contribution in [0.3, 0.4) is 0 Å². The molecule has 0 unspecified atom stereocenters. The van der Waals surface area contributed by atoms with Gasteiger partial charge in [0, 0.05) is 26.2 Å². The fraction of sp³-hybridized carbons (Fsp3) is 0.500. The topological polar surface area (TPSA) is 92.5 Å². The zero-order valence-corrected chi connectivity index (χ0v) is 15.9. The zero-order valence-electron chi connectivity index (χ0n) is 14.2. The number of nitrogens with zero attached hydrogens (tertiary/aromatic N) is 2. The lowest BCUT2D eigenvalue weighted by Crippen LogP contribution is -2.43. The van der Waals surface area contributed by atoms with E-state index in [1.54, 1.807) is 6.92 Å². The standard InChI is InChI=1S/C16H21N3O4S2/c1-11-3-4-13(23-11)16-18-12(2)14(24-16)15(20)17-5-6-19-7-9-25(21,22)10-8-19/h3-4H,5-10H2,1-2H3,(H,17,20). The molecule has 1 aliphatic rings. The first-order chi connectivity index (χ1) is 11.8. The Morgan fingerprint density at radius 3 is 2.68 bits per heavy atom. The molecular weight excluding hydrogens is 362 g/mol. The second-order valence-corrected chi connectivity index (χ2v) is 9.40. The molecule has 0 spiro atoms. The molecule has 2 aromatic rings. The maximum atomic E-state index is 12.4. The highest BCUT2D eigenvalue weighted by molar-refractivity contribution is 7.91. The number of hydrogen-bond donors (Lipinski definition) is 1. The molecule has 1 amide bonds. The summed E-state index contributed by atoms with van der Waals surface area (Å²) in [7, 11) is -2.87. The fourth-order valence-corrected chi connectivity index (χ4v) is 4.86. The third kappa shape index (κ3) is 4.47. The second kappa shape index (κ2) is 7.27. The number of carbonyl (C=O) groups is 1. The maximum Gasteiger partial charge on any atom is 0.263 e. The van der Waals surface area contributed by atoms with Crippen LogP contribution < -0.4 is 5.32 Å². The number of amides is 1. The highest BCUT2D eigenvalue weighted by Crippen LogP contribution is 2.29. The SMILES string of the molecule is Cc1ccc(-c2nc(C)c(C(=O)NCCN3CCS(=O)(=O)CC3)s2)o1. The number of thiazole rings is 1. The first kappa shape index (κ1) is 18.1. The lowest BCUT2D eigenvalue weighted by Gasteiger charge is -2.26. The lowest BCUT2D eigenvalue weighted by molar-refractivity contribution is 0.0952. The van der Waals surface area contributed by atoms with Crippen molar-refractivity contribution in [3.63, 3.8) is 0 Å². The summed E-state index contributed by atoms with van der Waals surface area (Å²) in [5.41, 5.74) is 0.676. The molecule has 0 radical (unpaired) electrons. The summed E-state index contributed by atoms with van der Waals surface area (Å²) in [5, 5.41) is 3.58. The van der Waals surface area contributed by atoms with Crippen LogP contribution in [0.5, 0.6) is 0 Å². The van der Waals surface area contributed by atoms with Crippen LogP contribution in [0.15, 0.2) is 16.5 Å². The van der Waals surface area contributed by atoms with E-state index in [1.807, 2.05) is 19.1 Å². The van der Waals surface area contributed by atoms with Gasteiger partial charge in [0.15, 0.2) is 20.6 Å². The molecule has 1 fully saturated rings. The van der Waals surface area contributed by atoms with E-state index in [-0.39, 0.29) is 17.4 Å². The molecule has 9 heteroatoms. The molecule has 2 aromatic heterocycles. The van der Waals surface area contributed by atoms with Crippen LogP contribution in [-0.2, 0) is 9.84 Å². The average Bonchev–Trinajstić information content (AvgIpc) is 3.15. The van der Waals surface area contributed by atoms with Crippen LogP contribution in [0.1, 0.15) is 21.1 Å². The predicted molar refractivity (Wildman–Crippen MR) is 96.7 cm³/mol. The summed E-state index contributed by atoms with van der Waals surface area (Å²) in [6.07, 6.45) is 0. The highest BCUT2D eigenvalue weighted by atomic mass is 32.2. The summed E-state index contributed by atoms with van der Waals surface area (Å²) < 4.78 is 28.4. The summed E-state index contributed by atoms with van der Waals surface area (Å²) in [6, 6.07) is 3.71. The van der Waals surface area contributed by atoms with Gasteiger partial charge in [0.2, 0.25) is 0 Å². The van der Waals surface area contributed by atoms with E-state index >= 15 is 0 Å². The van der Waals surface area contributed by atoms with Crippen LogP contribution in [0, 0.1) is 13.8 Å². The summed E-state index contributed by atoms with van der Waals surface area (Å²) in [4.78, 5) is 19.4. The monoisotopic (exact) mass is 383 g/mol. The van der Waals surface area contributed by atoms with Gasteiger partial charge in [-0.25, -0.2) is 13.4 Å². The Bertz CT molecular complexity index is 856. The van der Waals surface area contributed by atoms with E-state index in [0.29, 0.717) is 47.5 Å². The Hall–Kier alpha value is -1.71. The van der Waals surface area contributed by atoms with Gasteiger partial charge in [-0.2, -0.15) is 0 Å². The summed E-state index contributed by atoms with van der Waals surface area (Å²) in [5.74, 6) is 1.70. The van der Waals surface area contributed by atoms with Gasteiger partial charge in [0.05, 0.1) is 17.2 Å². The Morgan fingerprint density at radius 2 is 2.04 bits per heavy atom. The molecule has 0 aromatic carbocycles. The summed E-state index contributed by atoms with van der Waals surface area (Å²) in [6.45, 7) is 5.85. The van der Waals surface area contributed by atoms with Crippen molar-refractivity contribution in [2.45, 2.75) is 13.8 Å². The minimum atomic E-state index is -2.87. The van der Waals surface area contributed by atoms with Crippen molar-refractivity contribution < 1.29 is 17.6 Å². The van der Waals surface area contributed by atoms with Gasteiger partial charge in [0.25, 0.3) is 5.91 Å². The quantitative estimate of drug-likeness (QED) is 0.841. The van der Waals surface area contributed by atoms with E-state index in [0.717, 1.165) is 5.76 Å². The molecule has 3 heterocycles. The number of hydrogen-bond acceptors (Lipinski definition) is 7. The van der Waals surface area contributed by atoms with E-state index in [1.165, 1.54) is 11.3 Å². The Labute approximate surface area is 151 Å². The maximum absolute atomic E-state index is 12.4. The molecule has 7 nitrogen and oxygen atoms in total. The van der Waals surface area contributed by atoms with E-state index in [2.05, 4.69) is 15.2 Å². The second-order valence-electron chi connectivity index (χ2n) is 6.09. The number of furan rings is 1. The van der Waals surface area contributed by atoms with E-state index in [9.17, 15) is 13.2 Å². The number of carbonyl (C=O) groups excluding carboxylic acids is 1. The van der Waals surface area contributed by atoms with Gasteiger partial charge in [-0.05, 0) is 26.0 Å². The largest absolute Gasteiger partial charge is 0.459 e. The normalized spacial score (nSPS) is 17.5. The minimum absolute atomic E-state index is 0.158. The Balaban J connectivity index is 1.54. The number of sulfone groups is 1. The van der Waals surface area contributed by atoms with Crippen LogP contribution in [0.25, 0.3) is 10.8 Å². The number of rotatable bonds is 5. The van der Waals surface area contributed by atoms with Crippen LogP contribution in [0.2, 0.25) is 0 Å². The first-order valence-electron chi connectivity index (χ1n) is 8.09. The van der Waals surface area contributed by atoms with Gasteiger partial charge in [0.1, 0.15) is 10.6 Å². The third-order valence-corrected chi connectivity index (χ3v) is 6.88.